The maximum atomic E-state index is 3.57. The maximum Gasteiger partial charge on any atom is 0.0245 e. The highest BCUT2D eigenvalue weighted by atomic mass is 32.1. The first-order valence-corrected chi connectivity index (χ1v) is 9.13. The summed E-state index contributed by atoms with van der Waals surface area (Å²) in [6.07, 6.45) is 6.99. The average Bonchev–Trinajstić information content (AvgIpc) is 3.17. The summed E-state index contributed by atoms with van der Waals surface area (Å²) in [6.45, 7) is 4.88. The van der Waals surface area contributed by atoms with Gasteiger partial charge in [0.2, 0.25) is 0 Å². The van der Waals surface area contributed by atoms with Crippen LogP contribution < -0.4 is 5.32 Å². The molecule has 2 saturated carbocycles. The molecule has 2 nitrogen and oxygen atoms in total. The maximum absolute atomic E-state index is 3.57. The molecule has 0 aliphatic heterocycles. The van der Waals surface area contributed by atoms with E-state index in [4.69, 9.17) is 0 Å². The van der Waals surface area contributed by atoms with Crippen molar-refractivity contribution in [1.29, 1.82) is 0 Å². The van der Waals surface area contributed by atoms with E-state index in [1.54, 1.807) is 0 Å². The van der Waals surface area contributed by atoms with Crippen molar-refractivity contribution in [1.82, 2.24) is 10.2 Å². The van der Waals surface area contributed by atoms with Crippen LogP contribution in [0.2, 0.25) is 0 Å². The van der Waals surface area contributed by atoms with Crippen molar-refractivity contribution < 1.29 is 0 Å². The zero-order valence-corrected chi connectivity index (χ0v) is 13.7. The van der Waals surface area contributed by atoms with Crippen molar-refractivity contribution in [2.45, 2.75) is 57.7 Å². The van der Waals surface area contributed by atoms with Crippen LogP contribution in [0.1, 0.15) is 44.6 Å². The molecule has 2 fully saturated rings. The molecule has 0 radical (unpaired) electrons. The highest BCUT2D eigenvalue weighted by Gasteiger charge is 2.34. The second-order valence-electron chi connectivity index (χ2n) is 6.87. The van der Waals surface area contributed by atoms with Crippen LogP contribution in [-0.2, 0) is 6.54 Å². The van der Waals surface area contributed by atoms with E-state index in [2.05, 4.69) is 41.0 Å². The number of hydrogen-bond acceptors (Lipinski definition) is 3. The molecule has 0 bridgehead atoms. The lowest BCUT2D eigenvalue weighted by molar-refractivity contribution is 0.138. The van der Waals surface area contributed by atoms with Crippen LogP contribution in [0.3, 0.4) is 0 Å². The minimum Gasteiger partial charge on any atom is -0.317 e. The van der Waals surface area contributed by atoms with Gasteiger partial charge >= 0.3 is 0 Å². The van der Waals surface area contributed by atoms with Crippen LogP contribution in [-0.4, -0.2) is 30.6 Å². The van der Waals surface area contributed by atoms with Crippen molar-refractivity contribution in [3.63, 3.8) is 0 Å². The van der Waals surface area contributed by atoms with E-state index < -0.39 is 0 Å². The highest BCUT2D eigenvalue weighted by Crippen LogP contribution is 2.34. The van der Waals surface area contributed by atoms with Gasteiger partial charge in [-0.1, -0.05) is 6.92 Å². The molecule has 3 atom stereocenters. The van der Waals surface area contributed by atoms with E-state index in [1.807, 2.05) is 11.3 Å². The number of hydrogen-bond donors (Lipinski definition) is 1. The Labute approximate surface area is 127 Å². The van der Waals surface area contributed by atoms with Gasteiger partial charge in [0.1, 0.15) is 0 Å². The molecule has 1 aromatic rings. The average molecular weight is 292 g/mol. The molecule has 112 valence electrons. The van der Waals surface area contributed by atoms with E-state index >= 15 is 0 Å². The predicted octanol–water partition coefficient (Wildman–Crippen LogP) is 3.74. The van der Waals surface area contributed by atoms with Gasteiger partial charge < -0.3 is 5.32 Å². The van der Waals surface area contributed by atoms with Gasteiger partial charge in [-0.25, -0.2) is 0 Å². The molecular weight excluding hydrogens is 264 g/mol. The van der Waals surface area contributed by atoms with Gasteiger partial charge in [0.25, 0.3) is 0 Å². The van der Waals surface area contributed by atoms with Gasteiger partial charge in [0.15, 0.2) is 0 Å². The Balaban J connectivity index is 1.62. The Bertz CT molecular complexity index is 399. The number of rotatable bonds is 6. The molecule has 2 aliphatic rings. The Morgan fingerprint density at radius 2 is 2.15 bits per heavy atom. The van der Waals surface area contributed by atoms with Crippen LogP contribution in [0.25, 0.3) is 0 Å². The van der Waals surface area contributed by atoms with Gasteiger partial charge in [-0.05, 0) is 73.4 Å². The summed E-state index contributed by atoms with van der Waals surface area (Å²) < 4.78 is 0. The Morgan fingerprint density at radius 1 is 1.30 bits per heavy atom. The van der Waals surface area contributed by atoms with Crippen molar-refractivity contribution >= 4 is 11.3 Å². The van der Waals surface area contributed by atoms with E-state index in [0.29, 0.717) is 0 Å². The first-order chi connectivity index (χ1) is 9.76. The summed E-state index contributed by atoms with van der Waals surface area (Å²) in [5.74, 6) is 1.75. The largest absolute Gasteiger partial charge is 0.317 e. The van der Waals surface area contributed by atoms with Crippen LogP contribution in [0.4, 0.5) is 0 Å². The summed E-state index contributed by atoms with van der Waals surface area (Å²) in [7, 11) is 2.15. The van der Waals surface area contributed by atoms with Crippen molar-refractivity contribution in [2.75, 3.05) is 13.6 Å². The highest BCUT2D eigenvalue weighted by molar-refractivity contribution is 7.07. The van der Waals surface area contributed by atoms with Crippen molar-refractivity contribution in [2.24, 2.45) is 11.8 Å². The number of thiophene rings is 1. The van der Waals surface area contributed by atoms with Gasteiger partial charge in [0.05, 0.1) is 0 Å². The minimum absolute atomic E-state index is 0.731. The Morgan fingerprint density at radius 3 is 2.80 bits per heavy atom. The molecule has 1 N–H and O–H groups in total. The lowest BCUT2D eigenvalue weighted by Crippen LogP contribution is -2.44. The molecule has 0 amide bonds. The zero-order valence-electron chi connectivity index (χ0n) is 12.8. The first kappa shape index (κ1) is 14.6. The molecule has 1 aromatic heterocycles. The molecule has 1 heterocycles. The minimum atomic E-state index is 0.731. The standard InChI is InChI=1S/C17H28N2S/c1-13-3-6-17(18-2)15(9-13)11-19(16-4-5-16)10-14-7-8-20-12-14/h7-8,12-13,15-18H,3-6,9-11H2,1-2H3. The fourth-order valence-corrected chi connectivity index (χ4v) is 4.44. The van der Waals surface area contributed by atoms with Gasteiger partial charge in [-0.15, -0.1) is 0 Å². The first-order valence-electron chi connectivity index (χ1n) is 8.18. The fraction of sp³-hybridized carbons (Fsp3) is 0.765. The molecule has 3 rings (SSSR count). The number of nitrogens with zero attached hydrogens (tertiary/aromatic N) is 1. The normalized spacial score (nSPS) is 30.9. The zero-order chi connectivity index (χ0) is 13.9. The Hall–Kier alpha value is -0.380. The van der Waals surface area contributed by atoms with Crippen LogP contribution in [0.5, 0.6) is 0 Å². The molecule has 3 unspecified atom stereocenters. The van der Waals surface area contributed by atoms with Gasteiger partial charge in [-0.3, -0.25) is 4.90 Å². The fourth-order valence-electron chi connectivity index (χ4n) is 3.78. The smallest absolute Gasteiger partial charge is 0.0245 e. The summed E-state index contributed by atoms with van der Waals surface area (Å²) in [6, 6.07) is 3.89. The lowest BCUT2D eigenvalue weighted by atomic mass is 9.78. The van der Waals surface area contributed by atoms with E-state index in [9.17, 15) is 0 Å². The number of nitrogens with one attached hydrogen (secondary N) is 1. The van der Waals surface area contributed by atoms with Crippen molar-refractivity contribution in [3.05, 3.63) is 22.4 Å². The van der Waals surface area contributed by atoms with E-state index in [-0.39, 0.29) is 0 Å². The quantitative estimate of drug-likeness (QED) is 0.859. The monoisotopic (exact) mass is 292 g/mol. The second kappa shape index (κ2) is 6.59. The molecule has 0 aromatic carbocycles. The third-order valence-electron chi connectivity index (χ3n) is 5.11. The summed E-state index contributed by atoms with van der Waals surface area (Å²) in [5.41, 5.74) is 1.51. The molecule has 3 heteroatoms. The SMILES string of the molecule is CNC1CCC(C)CC1CN(Cc1ccsc1)C1CC1. The van der Waals surface area contributed by atoms with E-state index in [1.165, 1.54) is 44.2 Å². The van der Waals surface area contributed by atoms with Crippen LogP contribution in [0.15, 0.2) is 16.8 Å². The third kappa shape index (κ3) is 3.63. The predicted molar refractivity (Wildman–Crippen MR) is 87.1 cm³/mol. The summed E-state index contributed by atoms with van der Waals surface area (Å²) >= 11 is 1.83. The molecule has 0 saturated heterocycles. The molecule has 2 aliphatic carbocycles. The lowest BCUT2D eigenvalue weighted by Gasteiger charge is -2.38. The molecule has 0 spiro atoms. The topological polar surface area (TPSA) is 15.3 Å². The Kier molecular flexibility index (Phi) is 4.79. The van der Waals surface area contributed by atoms with Crippen molar-refractivity contribution in [3.8, 4) is 0 Å². The van der Waals surface area contributed by atoms with Gasteiger partial charge in [-0.2, -0.15) is 11.3 Å². The molecule has 20 heavy (non-hydrogen) atoms. The van der Waals surface area contributed by atoms with E-state index in [0.717, 1.165) is 30.5 Å². The van der Waals surface area contributed by atoms with Crippen LogP contribution in [0, 0.1) is 11.8 Å². The molecular formula is C17H28N2S. The third-order valence-corrected chi connectivity index (χ3v) is 5.85. The second-order valence-corrected chi connectivity index (χ2v) is 7.65. The van der Waals surface area contributed by atoms with Gasteiger partial charge in [0, 0.05) is 25.2 Å². The van der Waals surface area contributed by atoms with Crippen LogP contribution >= 0.6 is 11.3 Å². The summed E-state index contributed by atoms with van der Waals surface area (Å²) in [4.78, 5) is 2.76. The summed E-state index contributed by atoms with van der Waals surface area (Å²) in [5, 5.41) is 8.10.